The number of rotatable bonds is 4. The monoisotopic (exact) mass is 243 g/mol. The van der Waals surface area contributed by atoms with Crippen molar-refractivity contribution in [1.82, 2.24) is 5.32 Å². The topological polar surface area (TPSA) is 66.4 Å². The molecule has 0 spiro atoms. The van der Waals surface area contributed by atoms with E-state index in [4.69, 9.17) is 5.11 Å². The van der Waals surface area contributed by atoms with Crippen LogP contribution in [0.4, 0.5) is 8.78 Å². The van der Waals surface area contributed by atoms with Crippen LogP contribution in [0.5, 0.6) is 0 Å². The molecule has 6 heteroatoms. The highest BCUT2D eigenvalue weighted by molar-refractivity contribution is 5.84. The number of hydrogen-bond donors (Lipinski definition) is 2. The number of amides is 1. The van der Waals surface area contributed by atoms with E-state index in [0.29, 0.717) is 6.07 Å². The zero-order chi connectivity index (χ0) is 13.0. The maximum atomic E-state index is 12.8. The largest absolute Gasteiger partial charge is 0.480 e. The predicted octanol–water partition coefficient (Wildman–Crippen LogP) is 1.10. The lowest BCUT2D eigenvalue weighted by molar-refractivity contribution is -0.141. The molecular formula is C11H11F2NO3. The van der Waals surface area contributed by atoms with Crippen LogP contribution in [-0.4, -0.2) is 23.0 Å². The van der Waals surface area contributed by atoms with E-state index in [1.165, 1.54) is 6.92 Å². The van der Waals surface area contributed by atoms with Crippen LogP contribution in [0.25, 0.3) is 0 Å². The van der Waals surface area contributed by atoms with E-state index >= 15 is 0 Å². The maximum absolute atomic E-state index is 12.8. The van der Waals surface area contributed by atoms with Crippen LogP contribution in [0.15, 0.2) is 18.2 Å². The van der Waals surface area contributed by atoms with Crippen molar-refractivity contribution in [3.63, 3.8) is 0 Å². The number of nitrogens with one attached hydrogen (secondary N) is 1. The zero-order valence-electron chi connectivity index (χ0n) is 9.04. The first kappa shape index (κ1) is 13.1. The Bertz CT molecular complexity index is 428. The molecule has 0 aliphatic heterocycles. The van der Waals surface area contributed by atoms with Gasteiger partial charge in [-0.3, -0.25) is 9.59 Å². The van der Waals surface area contributed by atoms with E-state index in [-0.39, 0.29) is 12.0 Å². The molecule has 0 fully saturated rings. The first-order valence-electron chi connectivity index (χ1n) is 4.85. The van der Waals surface area contributed by atoms with Crippen LogP contribution < -0.4 is 5.32 Å². The molecule has 4 nitrogen and oxygen atoms in total. The van der Waals surface area contributed by atoms with Gasteiger partial charge in [-0.25, -0.2) is 8.78 Å². The molecular weight excluding hydrogens is 232 g/mol. The maximum Gasteiger partial charge on any atom is 0.325 e. The number of carboxylic acids is 1. The van der Waals surface area contributed by atoms with Gasteiger partial charge in [0.1, 0.15) is 17.7 Å². The summed E-state index contributed by atoms with van der Waals surface area (Å²) in [6.45, 7) is 1.30. The molecule has 1 atom stereocenters. The fourth-order valence-corrected chi connectivity index (χ4v) is 1.25. The third-order valence-corrected chi connectivity index (χ3v) is 2.03. The Morgan fingerprint density at radius 1 is 1.29 bits per heavy atom. The van der Waals surface area contributed by atoms with E-state index in [1.54, 1.807) is 0 Å². The number of hydrogen-bond acceptors (Lipinski definition) is 2. The summed E-state index contributed by atoms with van der Waals surface area (Å²) in [5.74, 6) is -3.34. The SMILES string of the molecule is CC(NC(=O)Cc1cc(F)cc(F)c1)C(=O)O. The van der Waals surface area contributed by atoms with Crippen molar-refractivity contribution in [2.45, 2.75) is 19.4 Å². The highest BCUT2D eigenvalue weighted by atomic mass is 19.1. The molecule has 0 saturated carbocycles. The highest BCUT2D eigenvalue weighted by Gasteiger charge is 2.14. The van der Waals surface area contributed by atoms with Crippen LogP contribution in [-0.2, 0) is 16.0 Å². The molecule has 0 bridgehead atoms. The van der Waals surface area contributed by atoms with E-state index in [1.807, 2.05) is 0 Å². The molecule has 1 aromatic rings. The summed E-state index contributed by atoms with van der Waals surface area (Å²) >= 11 is 0. The first-order valence-corrected chi connectivity index (χ1v) is 4.85. The molecule has 17 heavy (non-hydrogen) atoms. The van der Waals surface area contributed by atoms with Crippen molar-refractivity contribution in [3.05, 3.63) is 35.4 Å². The van der Waals surface area contributed by atoms with Gasteiger partial charge in [-0.1, -0.05) is 0 Å². The average Bonchev–Trinajstić information content (AvgIpc) is 2.14. The minimum absolute atomic E-state index is 0.151. The lowest BCUT2D eigenvalue weighted by Crippen LogP contribution is -2.39. The first-order chi connectivity index (χ1) is 7.88. The molecule has 1 rings (SSSR count). The Kier molecular flexibility index (Phi) is 4.14. The number of carboxylic acid groups (broad SMARTS) is 1. The fraction of sp³-hybridized carbons (Fsp3) is 0.273. The van der Waals surface area contributed by atoms with Crippen molar-refractivity contribution in [1.29, 1.82) is 0 Å². The van der Waals surface area contributed by atoms with Gasteiger partial charge in [-0.2, -0.15) is 0 Å². The molecule has 0 heterocycles. The molecule has 0 aromatic heterocycles. The van der Waals surface area contributed by atoms with Crippen molar-refractivity contribution < 1.29 is 23.5 Å². The summed E-state index contributed by atoms with van der Waals surface area (Å²) < 4.78 is 25.6. The molecule has 0 aliphatic carbocycles. The minimum atomic E-state index is -1.18. The van der Waals surface area contributed by atoms with Gasteiger partial charge in [0.25, 0.3) is 0 Å². The normalized spacial score (nSPS) is 11.9. The van der Waals surface area contributed by atoms with Crippen molar-refractivity contribution in [3.8, 4) is 0 Å². The van der Waals surface area contributed by atoms with Crippen LogP contribution in [0, 0.1) is 11.6 Å². The average molecular weight is 243 g/mol. The van der Waals surface area contributed by atoms with Gasteiger partial charge in [-0.05, 0) is 24.6 Å². The number of carbonyl (C=O) groups is 2. The summed E-state index contributed by atoms with van der Waals surface area (Å²) in [5, 5.41) is 10.7. The molecule has 0 aliphatic rings. The van der Waals surface area contributed by atoms with Crippen molar-refractivity contribution in [2.24, 2.45) is 0 Å². The summed E-state index contributed by atoms with van der Waals surface area (Å²) in [4.78, 5) is 21.8. The van der Waals surface area contributed by atoms with Crippen LogP contribution in [0.2, 0.25) is 0 Å². The Morgan fingerprint density at radius 3 is 2.29 bits per heavy atom. The van der Waals surface area contributed by atoms with E-state index in [2.05, 4.69) is 5.32 Å². The Hall–Kier alpha value is -1.98. The lowest BCUT2D eigenvalue weighted by Gasteiger charge is -2.09. The van der Waals surface area contributed by atoms with Crippen LogP contribution in [0.1, 0.15) is 12.5 Å². The van der Waals surface area contributed by atoms with E-state index in [0.717, 1.165) is 12.1 Å². The fourth-order valence-electron chi connectivity index (χ4n) is 1.25. The molecule has 92 valence electrons. The second-order valence-corrected chi connectivity index (χ2v) is 3.58. The Labute approximate surface area is 96.3 Å². The van der Waals surface area contributed by atoms with Crippen LogP contribution in [0.3, 0.4) is 0 Å². The molecule has 1 aromatic carbocycles. The Balaban J connectivity index is 2.65. The summed E-state index contributed by atoms with van der Waals surface area (Å²) in [5.41, 5.74) is 0.151. The van der Waals surface area contributed by atoms with Gasteiger partial charge < -0.3 is 10.4 Å². The molecule has 0 radical (unpaired) electrons. The third kappa shape index (κ3) is 4.18. The molecule has 2 N–H and O–H groups in total. The summed E-state index contributed by atoms with van der Waals surface area (Å²) in [6.07, 6.45) is -0.272. The third-order valence-electron chi connectivity index (χ3n) is 2.03. The van der Waals surface area contributed by atoms with Gasteiger partial charge in [-0.15, -0.1) is 0 Å². The van der Waals surface area contributed by atoms with Gasteiger partial charge in [0.05, 0.1) is 6.42 Å². The van der Waals surface area contributed by atoms with Gasteiger partial charge in [0.2, 0.25) is 5.91 Å². The predicted molar refractivity (Wildman–Crippen MR) is 55.3 cm³/mol. The van der Waals surface area contributed by atoms with Crippen molar-refractivity contribution >= 4 is 11.9 Å². The van der Waals surface area contributed by atoms with Crippen molar-refractivity contribution in [2.75, 3.05) is 0 Å². The Morgan fingerprint density at radius 2 is 1.82 bits per heavy atom. The van der Waals surface area contributed by atoms with E-state index < -0.39 is 29.6 Å². The minimum Gasteiger partial charge on any atom is -0.480 e. The molecule has 1 unspecified atom stereocenters. The van der Waals surface area contributed by atoms with Gasteiger partial charge >= 0.3 is 5.97 Å². The number of halogens is 2. The highest BCUT2D eigenvalue weighted by Crippen LogP contribution is 2.08. The van der Waals surface area contributed by atoms with Gasteiger partial charge in [0, 0.05) is 6.07 Å². The van der Waals surface area contributed by atoms with E-state index in [9.17, 15) is 18.4 Å². The zero-order valence-corrected chi connectivity index (χ0v) is 9.04. The smallest absolute Gasteiger partial charge is 0.325 e. The summed E-state index contributed by atoms with van der Waals surface area (Å²) in [6, 6.07) is 1.70. The molecule has 1 amide bonds. The second-order valence-electron chi connectivity index (χ2n) is 3.58. The quantitative estimate of drug-likeness (QED) is 0.832. The number of carbonyl (C=O) groups excluding carboxylic acids is 1. The standard InChI is InChI=1S/C11H11F2NO3/c1-6(11(16)17)14-10(15)4-7-2-8(12)5-9(13)3-7/h2-3,5-6H,4H2,1H3,(H,14,15)(H,16,17). The molecule has 0 saturated heterocycles. The lowest BCUT2D eigenvalue weighted by atomic mass is 10.1. The summed E-state index contributed by atoms with van der Waals surface area (Å²) in [7, 11) is 0. The second kappa shape index (κ2) is 5.38. The van der Waals surface area contributed by atoms with Gasteiger partial charge in [0.15, 0.2) is 0 Å². The van der Waals surface area contributed by atoms with Crippen LogP contribution >= 0.6 is 0 Å². The number of benzene rings is 1. The number of aliphatic carboxylic acids is 1.